The minimum absolute atomic E-state index is 0.0451. The second kappa shape index (κ2) is 7.07. The Balaban J connectivity index is 1.58. The number of rotatable bonds is 4. The Morgan fingerprint density at radius 3 is 2.78 bits per heavy atom. The first-order chi connectivity index (χ1) is 8.75. The molecule has 0 aromatic heterocycles. The molecule has 2 aliphatic rings. The summed E-state index contributed by atoms with van der Waals surface area (Å²) in [5.74, 6) is 0.939. The molecule has 1 amide bonds. The maximum absolute atomic E-state index is 11.9. The molecule has 2 heterocycles. The summed E-state index contributed by atoms with van der Waals surface area (Å²) in [5.41, 5.74) is 0. The monoisotopic (exact) mass is 254 g/mol. The SMILES string of the molecule is CN1CCC(CCNC(=O)C2CNCCN2)CC1. The number of amides is 1. The lowest BCUT2D eigenvalue weighted by atomic mass is 9.94. The van der Waals surface area contributed by atoms with Gasteiger partial charge < -0.3 is 20.9 Å². The van der Waals surface area contributed by atoms with E-state index in [0.29, 0.717) is 0 Å². The van der Waals surface area contributed by atoms with E-state index in [2.05, 4.69) is 27.9 Å². The van der Waals surface area contributed by atoms with Crippen LogP contribution in [0.2, 0.25) is 0 Å². The molecule has 1 atom stereocenters. The van der Waals surface area contributed by atoms with Crippen LogP contribution in [-0.2, 0) is 4.79 Å². The Morgan fingerprint density at radius 1 is 1.33 bits per heavy atom. The first-order valence-electron chi connectivity index (χ1n) is 7.16. The lowest BCUT2D eigenvalue weighted by Crippen LogP contribution is -2.55. The van der Waals surface area contributed by atoms with E-state index >= 15 is 0 Å². The van der Waals surface area contributed by atoms with Gasteiger partial charge in [0.1, 0.15) is 0 Å². The number of carbonyl (C=O) groups excluding carboxylic acids is 1. The van der Waals surface area contributed by atoms with Crippen LogP contribution in [0.3, 0.4) is 0 Å². The Hall–Kier alpha value is -0.650. The van der Waals surface area contributed by atoms with Crippen LogP contribution in [0.15, 0.2) is 0 Å². The molecular formula is C13H26N4O. The van der Waals surface area contributed by atoms with Crippen molar-refractivity contribution in [3.8, 4) is 0 Å². The molecule has 104 valence electrons. The van der Waals surface area contributed by atoms with Crippen LogP contribution in [0.4, 0.5) is 0 Å². The van der Waals surface area contributed by atoms with Crippen molar-refractivity contribution in [2.75, 3.05) is 46.3 Å². The Morgan fingerprint density at radius 2 is 2.11 bits per heavy atom. The number of nitrogens with zero attached hydrogens (tertiary/aromatic N) is 1. The molecule has 0 aromatic rings. The molecule has 0 aromatic carbocycles. The van der Waals surface area contributed by atoms with Crippen LogP contribution in [0.1, 0.15) is 19.3 Å². The molecule has 0 radical (unpaired) electrons. The van der Waals surface area contributed by atoms with Crippen molar-refractivity contribution in [2.45, 2.75) is 25.3 Å². The third-order valence-corrected chi connectivity index (χ3v) is 4.05. The van der Waals surface area contributed by atoms with Crippen LogP contribution in [0.5, 0.6) is 0 Å². The van der Waals surface area contributed by atoms with E-state index in [0.717, 1.165) is 38.5 Å². The van der Waals surface area contributed by atoms with E-state index in [1.54, 1.807) is 0 Å². The highest BCUT2D eigenvalue weighted by Crippen LogP contribution is 2.18. The minimum Gasteiger partial charge on any atom is -0.355 e. The maximum Gasteiger partial charge on any atom is 0.238 e. The quantitative estimate of drug-likeness (QED) is 0.627. The zero-order valence-electron chi connectivity index (χ0n) is 11.4. The van der Waals surface area contributed by atoms with Crippen molar-refractivity contribution in [1.82, 2.24) is 20.9 Å². The normalized spacial score (nSPS) is 27.1. The Labute approximate surface area is 110 Å². The summed E-state index contributed by atoms with van der Waals surface area (Å²) < 4.78 is 0. The number of piperidine rings is 1. The molecule has 5 nitrogen and oxygen atoms in total. The molecule has 2 aliphatic heterocycles. The van der Waals surface area contributed by atoms with Crippen LogP contribution < -0.4 is 16.0 Å². The van der Waals surface area contributed by atoms with Crippen LogP contribution in [0, 0.1) is 5.92 Å². The van der Waals surface area contributed by atoms with Crippen molar-refractivity contribution in [3.63, 3.8) is 0 Å². The summed E-state index contributed by atoms with van der Waals surface area (Å²) in [6.07, 6.45) is 3.67. The summed E-state index contributed by atoms with van der Waals surface area (Å²) in [4.78, 5) is 14.3. The summed E-state index contributed by atoms with van der Waals surface area (Å²) in [6.45, 7) is 5.82. The van der Waals surface area contributed by atoms with Gasteiger partial charge in [-0.2, -0.15) is 0 Å². The van der Waals surface area contributed by atoms with E-state index in [-0.39, 0.29) is 11.9 Å². The second-order valence-corrected chi connectivity index (χ2v) is 5.54. The van der Waals surface area contributed by atoms with Gasteiger partial charge in [0.25, 0.3) is 0 Å². The van der Waals surface area contributed by atoms with Gasteiger partial charge in [-0.15, -0.1) is 0 Å². The summed E-state index contributed by atoms with van der Waals surface area (Å²) in [6, 6.07) is -0.0451. The molecule has 1 unspecified atom stereocenters. The molecule has 2 saturated heterocycles. The first-order valence-corrected chi connectivity index (χ1v) is 7.16. The number of nitrogens with one attached hydrogen (secondary N) is 3. The third-order valence-electron chi connectivity index (χ3n) is 4.05. The zero-order valence-corrected chi connectivity index (χ0v) is 11.4. The van der Waals surface area contributed by atoms with Gasteiger partial charge in [0.2, 0.25) is 5.91 Å². The fourth-order valence-electron chi connectivity index (χ4n) is 2.71. The fraction of sp³-hybridized carbons (Fsp3) is 0.923. The van der Waals surface area contributed by atoms with E-state index in [9.17, 15) is 4.79 Å². The molecule has 0 aliphatic carbocycles. The Bertz CT molecular complexity index is 258. The lowest BCUT2D eigenvalue weighted by Gasteiger charge is -2.29. The number of piperazine rings is 1. The number of carbonyl (C=O) groups is 1. The van der Waals surface area contributed by atoms with Crippen LogP contribution in [-0.4, -0.2) is 63.2 Å². The van der Waals surface area contributed by atoms with Crippen molar-refractivity contribution < 1.29 is 4.79 Å². The summed E-state index contributed by atoms with van der Waals surface area (Å²) >= 11 is 0. The number of hydrogen-bond donors (Lipinski definition) is 3. The fourth-order valence-corrected chi connectivity index (χ4v) is 2.71. The van der Waals surface area contributed by atoms with E-state index in [1.165, 1.54) is 25.9 Å². The highest BCUT2D eigenvalue weighted by atomic mass is 16.2. The van der Waals surface area contributed by atoms with Gasteiger partial charge in [0.15, 0.2) is 0 Å². The van der Waals surface area contributed by atoms with Gasteiger partial charge in [-0.3, -0.25) is 4.79 Å². The van der Waals surface area contributed by atoms with Crippen molar-refractivity contribution in [1.29, 1.82) is 0 Å². The predicted octanol–water partition coefficient (Wildman–Crippen LogP) is -0.604. The molecule has 2 fully saturated rings. The standard InChI is InChI=1S/C13H26N4O/c1-17-8-3-11(4-9-17)2-5-16-13(18)12-10-14-6-7-15-12/h11-12,14-15H,2-10H2,1H3,(H,16,18). The average molecular weight is 254 g/mol. The van der Waals surface area contributed by atoms with E-state index in [1.807, 2.05) is 0 Å². The van der Waals surface area contributed by atoms with Gasteiger partial charge in [-0.25, -0.2) is 0 Å². The van der Waals surface area contributed by atoms with Gasteiger partial charge in [0.05, 0.1) is 6.04 Å². The molecule has 0 saturated carbocycles. The van der Waals surface area contributed by atoms with Gasteiger partial charge >= 0.3 is 0 Å². The maximum atomic E-state index is 11.9. The number of hydrogen-bond acceptors (Lipinski definition) is 4. The molecule has 0 bridgehead atoms. The smallest absolute Gasteiger partial charge is 0.238 e. The average Bonchev–Trinajstić information content (AvgIpc) is 2.42. The lowest BCUT2D eigenvalue weighted by molar-refractivity contribution is -0.123. The third kappa shape index (κ3) is 4.23. The molecule has 2 rings (SSSR count). The van der Waals surface area contributed by atoms with Gasteiger partial charge in [-0.1, -0.05) is 0 Å². The van der Waals surface area contributed by atoms with Crippen LogP contribution in [0.25, 0.3) is 0 Å². The molecule has 18 heavy (non-hydrogen) atoms. The topological polar surface area (TPSA) is 56.4 Å². The van der Waals surface area contributed by atoms with Crippen LogP contribution >= 0.6 is 0 Å². The second-order valence-electron chi connectivity index (χ2n) is 5.54. The van der Waals surface area contributed by atoms with Crippen molar-refractivity contribution >= 4 is 5.91 Å². The Kier molecular flexibility index (Phi) is 5.41. The van der Waals surface area contributed by atoms with E-state index in [4.69, 9.17) is 0 Å². The van der Waals surface area contributed by atoms with Gasteiger partial charge in [-0.05, 0) is 45.3 Å². The molecule has 5 heteroatoms. The molecular weight excluding hydrogens is 228 g/mol. The van der Waals surface area contributed by atoms with Gasteiger partial charge in [0, 0.05) is 26.2 Å². The summed E-state index contributed by atoms with van der Waals surface area (Å²) in [7, 11) is 2.18. The molecule has 0 spiro atoms. The molecule has 3 N–H and O–H groups in total. The highest BCUT2D eigenvalue weighted by molar-refractivity contribution is 5.82. The van der Waals surface area contributed by atoms with Crippen molar-refractivity contribution in [2.24, 2.45) is 5.92 Å². The first kappa shape index (κ1) is 13.8. The number of likely N-dealkylation sites (tertiary alicyclic amines) is 1. The minimum atomic E-state index is -0.0451. The zero-order chi connectivity index (χ0) is 12.8. The predicted molar refractivity (Wildman–Crippen MR) is 72.5 cm³/mol. The van der Waals surface area contributed by atoms with E-state index < -0.39 is 0 Å². The highest BCUT2D eigenvalue weighted by Gasteiger charge is 2.20. The summed E-state index contributed by atoms with van der Waals surface area (Å²) in [5, 5.41) is 9.52. The largest absolute Gasteiger partial charge is 0.355 e. The van der Waals surface area contributed by atoms with Crippen molar-refractivity contribution in [3.05, 3.63) is 0 Å².